The van der Waals surface area contributed by atoms with Gasteiger partial charge >= 0.3 is 5.97 Å². The number of carbonyl (C=O) groups is 3. The van der Waals surface area contributed by atoms with Crippen molar-refractivity contribution in [1.82, 2.24) is 4.90 Å². The third-order valence-corrected chi connectivity index (χ3v) is 9.68. The van der Waals surface area contributed by atoms with E-state index >= 15 is 0 Å². The normalized spacial score (nSPS) is 30.4. The zero-order valence-electron chi connectivity index (χ0n) is 25.3. The van der Waals surface area contributed by atoms with Crippen LogP contribution in [0.15, 0.2) is 49.6 Å². The van der Waals surface area contributed by atoms with Gasteiger partial charge in [-0.2, -0.15) is 0 Å². The Labute approximate surface area is 254 Å². The number of para-hydroxylation sites is 1. The first-order chi connectivity index (χ1) is 20.0. The fourth-order valence-corrected chi connectivity index (χ4v) is 7.67. The van der Waals surface area contributed by atoms with Gasteiger partial charge < -0.3 is 24.4 Å². The summed E-state index contributed by atoms with van der Waals surface area (Å²) in [5, 5.41) is 10.9. The first kappa shape index (κ1) is 32.2. The molecule has 2 amide bonds. The predicted molar refractivity (Wildman–Crippen MR) is 163 cm³/mol. The van der Waals surface area contributed by atoms with Crippen LogP contribution in [0.2, 0.25) is 5.02 Å². The van der Waals surface area contributed by atoms with Gasteiger partial charge in [0.2, 0.25) is 5.91 Å². The van der Waals surface area contributed by atoms with E-state index in [1.165, 1.54) is 9.80 Å². The molecule has 230 valence electrons. The van der Waals surface area contributed by atoms with Gasteiger partial charge in [0.05, 0.1) is 41.5 Å². The van der Waals surface area contributed by atoms with Crippen LogP contribution in [-0.2, 0) is 23.9 Å². The molecule has 3 aliphatic heterocycles. The quantitative estimate of drug-likeness (QED) is 0.180. The van der Waals surface area contributed by atoms with Crippen molar-refractivity contribution in [2.24, 2.45) is 23.7 Å². The molecule has 2 bridgehead atoms. The Bertz CT molecular complexity index is 1200. The molecular weight excluding hydrogens is 556 g/mol. The van der Waals surface area contributed by atoms with E-state index in [2.05, 4.69) is 13.2 Å². The second-order valence-electron chi connectivity index (χ2n) is 12.6. The highest BCUT2D eigenvalue weighted by atomic mass is 35.5. The van der Waals surface area contributed by atoms with E-state index in [9.17, 15) is 19.5 Å². The molecule has 42 heavy (non-hydrogen) atoms. The number of fused-ring (bicyclic) bond motifs is 1. The number of aliphatic hydroxyl groups excluding tert-OH is 1. The Balaban J connectivity index is 1.80. The van der Waals surface area contributed by atoms with Gasteiger partial charge in [-0.3, -0.25) is 14.4 Å². The van der Waals surface area contributed by atoms with Gasteiger partial charge in [0.1, 0.15) is 17.6 Å². The first-order valence-corrected chi connectivity index (χ1v) is 15.4. The summed E-state index contributed by atoms with van der Waals surface area (Å²) < 4.78 is 12.6. The number of halogens is 1. The van der Waals surface area contributed by atoms with Crippen LogP contribution < -0.4 is 4.90 Å². The number of carbonyl (C=O) groups excluding carboxylic acids is 3. The molecule has 1 spiro atoms. The van der Waals surface area contributed by atoms with Crippen molar-refractivity contribution in [2.75, 3.05) is 24.7 Å². The Morgan fingerprint density at radius 2 is 1.98 bits per heavy atom. The Kier molecular flexibility index (Phi) is 9.90. The summed E-state index contributed by atoms with van der Waals surface area (Å²) in [6.07, 6.45) is 6.69. The SMILES string of the molecule is C=CCCCCOC(=O)[C@H]1[C@H]2C(=O)N([C@@H](CO)CC(C)C)C(C(=O)N(CC=C)c3ccccc3Cl)C23CC(C)[C@]1(C)O3. The minimum absolute atomic E-state index is 0.124. The summed E-state index contributed by atoms with van der Waals surface area (Å²) >= 11 is 6.56. The van der Waals surface area contributed by atoms with Gasteiger partial charge in [0, 0.05) is 6.54 Å². The van der Waals surface area contributed by atoms with Crippen molar-refractivity contribution in [3.05, 3.63) is 54.6 Å². The number of anilines is 1. The lowest BCUT2D eigenvalue weighted by molar-refractivity contribution is -0.162. The Morgan fingerprint density at radius 3 is 2.60 bits per heavy atom. The van der Waals surface area contributed by atoms with Gasteiger partial charge in [0.25, 0.3) is 5.91 Å². The second kappa shape index (κ2) is 12.9. The molecule has 3 fully saturated rings. The molecule has 7 atom stereocenters. The van der Waals surface area contributed by atoms with E-state index < -0.39 is 41.1 Å². The van der Waals surface area contributed by atoms with Crippen molar-refractivity contribution < 1.29 is 29.0 Å². The number of hydrogen-bond acceptors (Lipinski definition) is 6. The fraction of sp³-hybridized carbons (Fsp3) is 0.606. The number of nitrogens with zero attached hydrogens (tertiary/aromatic N) is 2. The number of hydrogen-bond donors (Lipinski definition) is 1. The summed E-state index contributed by atoms with van der Waals surface area (Å²) in [4.78, 5) is 46.1. The van der Waals surface area contributed by atoms with Gasteiger partial charge in [-0.05, 0) is 63.0 Å². The lowest BCUT2D eigenvalue weighted by Crippen LogP contribution is -2.59. The maximum absolute atomic E-state index is 14.8. The number of likely N-dealkylation sites (tertiary alicyclic amines) is 1. The third-order valence-electron chi connectivity index (χ3n) is 9.36. The topological polar surface area (TPSA) is 96.4 Å². The predicted octanol–water partition coefficient (Wildman–Crippen LogP) is 5.18. The summed E-state index contributed by atoms with van der Waals surface area (Å²) in [6.45, 7) is 15.5. The first-order valence-electron chi connectivity index (χ1n) is 15.1. The van der Waals surface area contributed by atoms with Crippen molar-refractivity contribution >= 4 is 35.1 Å². The minimum Gasteiger partial charge on any atom is -0.465 e. The van der Waals surface area contributed by atoms with Crippen LogP contribution in [-0.4, -0.2) is 70.8 Å². The van der Waals surface area contributed by atoms with Crippen molar-refractivity contribution in [3.63, 3.8) is 0 Å². The molecule has 8 nitrogen and oxygen atoms in total. The molecule has 3 heterocycles. The summed E-state index contributed by atoms with van der Waals surface area (Å²) in [7, 11) is 0. The molecule has 9 heteroatoms. The molecular formula is C33H45ClN2O6. The van der Waals surface area contributed by atoms with Crippen molar-refractivity contribution in [2.45, 2.75) is 83.1 Å². The molecule has 3 aliphatic rings. The number of rotatable bonds is 14. The average Bonchev–Trinajstić information content (AvgIpc) is 3.46. The average molecular weight is 601 g/mol. The second-order valence-corrected chi connectivity index (χ2v) is 13.0. The van der Waals surface area contributed by atoms with Gasteiger partial charge in [-0.15, -0.1) is 13.2 Å². The Morgan fingerprint density at radius 1 is 1.26 bits per heavy atom. The highest BCUT2D eigenvalue weighted by Crippen LogP contribution is 2.66. The lowest BCUT2D eigenvalue weighted by atomic mass is 9.62. The van der Waals surface area contributed by atoms with Crippen molar-refractivity contribution in [3.8, 4) is 0 Å². The summed E-state index contributed by atoms with van der Waals surface area (Å²) in [5.41, 5.74) is -1.76. The van der Waals surface area contributed by atoms with E-state index in [0.717, 1.165) is 12.8 Å². The number of ether oxygens (including phenoxy) is 2. The van der Waals surface area contributed by atoms with Crippen LogP contribution >= 0.6 is 11.6 Å². The zero-order chi connectivity index (χ0) is 30.8. The molecule has 0 aromatic heterocycles. The third kappa shape index (κ3) is 5.42. The molecule has 1 N–H and O–H groups in total. The molecule has 1 aromatic carbocycles. The Hall–Kier alpha value is -2.68. The van der Waals surface area contributed by atoms with E-state index in [4.69, 9.17) is 21.1 Å². The molecule has 0 radical (unpaired) electrons. The summed E-state index contributed by atoms with van der Waals surface area (Å²) in [5.74, 6) is -2.98. The van der Waals surface area contributed by atoms with E-state index in [1.807, 2.05) is 33.8 Å². The van der Waals surface area contributed by atoms with E-state index in [-0.39, 0.29) is 43.4 Å². The monoisotopic (exact) mass is 600 g/mol. The zero-order valence-corrected chi connectivity index (χ0v) is 26.0. The number of esters is 1. The molecule has 3 unspecified atom stereocenters. The van der Waals surface area contributed by atoms with E-state index in [1.54, 1.807) is 30.3 Å². The van der Waals surface area contributed by atoms with Crippen LogP contribution in [0.1, 0.15) is 59.8 Å². The van der Waals surface area contributed by atoms with E-state index in [0.29, 0.717) is 30.0 Å². The number of amides is 2. The number of allylic oxidation sites excluding steroid dienone is 1. The lowest BCUT2D eigenvalue weighted by Gasteiger charge is -2.40. The highest BCUT2D eigenvalue weighted by Gasteiger charge is 2.80. The largest absolute Gasteiger partial charge is 0.465 e. The van der Waals surface area contributed by atoms with Crippen LogP contribution in [0, 0.1) is 23.7 Å². The fourth-order valence-electron chi connectivity index (χ4n) is 7.44. The molecule has 4 rings (SSSR count). The highest BCUT2D eigenvalue weighted by molar-refractivity contribution is 6.34. The molecule has 3 saturated heterocycles. The van der Waals surface area contributed by atoms with Crippen LogP contribution in [0.3, 0.4) is 0 Å². The maximum atomic E-state index is 14.8. The standard InChI is InChI=1S/C33H45ClN2O6/c1-7-9-10-13-17-41-31(40)27-26-29(38)36(23(20-37)18-21(3)4)28(33(26)19-22(5)32(27,6)42-33)30(39)35(16-8-2)25-15-12-11-14-24(25)34/h7-8,11-12,14-15,21-23,26-28,37H,1-2,9-10,13,16-20H2,3-6H3/t22?,23-,26+,27-,28?,32+,33?/m1/s1. The van der Waals surface area contributed by atoms with Crippen LogP contribution in [0.4, 0.5) is 5.69 Å². The molecule has 0 saturated carbocycles. The van der Waals surface area contributed by atoms with Gasteiger partial charge in [-0.1, -0.05) is 56.7 Å². The van der Waals surface area contributed by atoms with Crippen LogP contribution in [0.5, 0.6) is 0 Å². The number of unbranched alkanes of at least 4 members (excludes halogenated alkanes) is 2. The minimum atomic E-state index is -1.26. The molecule has 1 aromatic rings. The summed E-state index contributed by atoms with van der Waals surface area (Å²) in [6, 6.07) is 5.32. The van der Waals surface area contributed by atoms with Crippen LogP contribution in [0.25, 0.3) is 0 Å². The number of aliphatic hydroxyl groups is 1. The van der Waals surface area contributed by atoms with Gasteiger partial charge in [0.15, 0.2) is 0 Å². The van der Waals surface area contributed by atoms with Gasteiger partial charge in [-0.25, -0.2) is 0 Å². The number of benzene rings is 1. The maximum Gasteiger partial charge on any atom is 0.312 e. The molecule has 0 aliphatic carbocycles. The van der Waals surface area contributed by atoms with Crippen molar-refractivity contribution in [1.29, 1.82) is 0 Å². The smallest absolute Gasteiger partial charge is 0.312 e.